The third-order valence-electron chi connectivity index (χ3n) is 2.71. The molecule has 0 aliphatic heterocycles. The molecule has 1 heterocycles. The van der Waals surface area contributed by atoms with Crippen molar-refractivity contribution in [2.75, 3.05) is 0 Å². The number of allylic oxidation sites excluding steroid dienone is 1. The first kappa shape index (κ1) is 12.3. The Balaban J connectivity index is 2.16. The third-order valence-corrected chi connectivity index (χ3v) is 2.71. The Bertz CT molecular complexity index is 591. The van der Waals surface area contributed by atoms with Gasteiger partial charge in [-0.2, -0.15) is 5.10 Å². The Morgan fingerprint density at radius 3 is 2.39 bits per heavy atom. The summed E-state index contributed by atoms with van der Waals surface area (Å²) in [5, 5.41) is 4.15. The van der Waals surface area contributed by atoms with E-state index in [1.807, 2.05) is 51.1 Å². The fraction of sp³-hybridized carbons (Fsp3) is 0.200. The van der Waals surface area contributed by atoms with E-state index in [9.17, 15) is 4.79 Å². The molecule has 3 nitrogen and oxygen atoms in total. The van der Waals surface area contributed by atoms with E-state index in [1.165, 1.54) is 10.2 Å². The highest BCUT2D eigenvalue weighted by Gasteiger charge is 2.06. The van der Waals surface area contributed by atoms with Crippen molar-refractivity contribution in [3.63, 3.8) is 0 Å². The minimum Gasteiger partial charge on any atom is -0.267 e. The number of benzene rings is 1. The molecule has 0 aliphatic rings. The smallest absolute Gasteiger partial charge is 0.267 e. The second-order valence-electron chi connectivity index (χ2n) is 4.42. The summed E-state index contributed by atoms with van der Waals surface area (Å²) in [7, 11) is 0. The molecule has 0 radical (unpaired) electrons. The van der Waals surface area contributed by atoms with Gasteiger partial charge in [0.15, 0.2) is 0 Å². The Kier molecular flexibility index (Phi) is 3.42. The second-order valence-corrected chi connectivity index (χ2v) is 4.42. The summed E-state index contributed by atoms with van der Waals surface area (Å²) in [6.45, 7) is 5.78. The molecule has 0 aliphatic carbocycles. The van der Waals surface area contributed by atoms with Gasteiger partial charge in [0.1, 0.15) is 0 Å². The molecular weight excluding hydrogens is 224 g/mol. The number of aromatic nitrogens is 2. The predicted octanol–water partition coefficient (Wildman–Crippen LogP) is 3.16. The Morgan fingerprint density at radius 2 is 1.83 bits per heavy atom. The van der Waals surface area contributed by atoms with Gasteiger partial charge in [-0.1, -0.05) is 29.8 Å². The van der Waals surface area contributed by atoms with Gasteiger partial charge in [-0.25, -0.2) is 4.68 Å². The van der Waals surface area contributed by atoms with E-state index < -0.39 is 0 Å². The van der Waals surface area contributed by atoms with Gasteiger partial charge in [0.25, 0.3) is 5.91 Å². The van der Waals surface area contributed by atoms with Crippen LogP contribution in [0.1, 0.15) is 27.3 Å². The van der Waals surface area contributed by atoms with E-state index in [0.717, 1.165) is 17.0 Å². The van der Waals surface area contributed by atoms with Crippen molar-refractivity contribution in [2.24, 2.45) is 0 Å². The Hall–Kier alpha value is -2.16. The monoisotopic (exact) mass is 240 g/mol. The van der Waals surface area contributed by atoms with Crippen molar-refractivity contribution in [3.8, 4) is 0 Å². The number of carbonyl (C=O) groups excluding carboxylic acids is 1. The molecule has 0 saturated carbocycles. The van der Waals surface area contributed by atoms with Gasteiger partial charge >= 0.3 is 0 Å². The van der Waals surface area contributed by atoms with Crippen LogP contribution >= 0.6 is 0 Å². The molecule has 1 aromatic heterocycles. The first-order valence-electron chi connectivity index (χ1n) is 5.88. The van der Waals surface area contributed by atoms with Crippen LogP contribution in [0.5, 0.6) is 0 Å². The van der Waals surface area contributed by atoms with Gasteiger partial charge in [-0.05, 0) is 38.5 Å². The first-order chi connectivity index (χ1) is 8.56. The van der Waals surface area contributed by atoms with Gasteiger partial charge in [-0.15, -0.1) is 0 Å². The van der Waals surface area contributed by atoms with E-state index in [2.05, 4.69) is 5.10 Å². The van der Waals surface area contributed by atoms with E-state index in [0.29, 0.717) is 0 Å². The van der Waals surface area contributed by atoms with Gasteiger partial charge in [0, 0.05) is 11.8 Å². The highest BCUT2D eigenvalue weighted by Crippen LogP contribution is 2.06. The maximum Gasteiger partial charge on any atom is 0.271 e. The fourth-order valence-corrected chi connectivity index (χ4v) is 1.77. The quantitative estimate of drug-likeness (QED) is 0.756. The summed E-state index contributed by atoms with van der Waals surface area (Å²) in [5.74, 6) is -0.124. The lowest BCUT2D eigenvalue weighted by Crippen LogP contribution is -2.10. The van der Waals surface area contributed by atoms with Gasteiger partial charge in [-0.3, -0.25) is 4.79 Å². The van der Waals surface area contributed by atoms with E-state index in [-0.39, 0.29) is 5.91 Å². The minimum absolute atomic E-state index is 0.124. The summed E-state index contributed by atoms with van der Waals surface area (Å²) >= 11 is 0. The molecule has 18 heavy (non-hydrogen) atoms. The van der Waals surface area contributed by atoms with E-state index >= 15 is 0 Å². The van der Waals surface area contributed by atoms with Gasteiger partial charge in [0.05, 0.1) is 5.69 Å². The standard InChI is InChI=1S/C15H16N2O/c1-11-4-6-14(7-5-11)8-9-15(18)17-13(3)10-12(2)16-17/h4-10H,1-3H3. The zero-order valence-corrected chi connectivity index (χ0v) is 10.8. The molecule has 92 valence electrons. The predicted molar refractivity (Wildman–Crippen MR) is 72.5 cm³/mol. The summed E-state index contributed by atoms with van der Waals surface area (Å²) in [6.07, 6.45) is 3.35. The van der Waals surface area contributed by atoms with Crippen molar-refractivity contribution in [2.45, 2.75) is 20.8 Å². The summed E-state index contributed by atoms with van der Waals surface area (Å²) in [5.41, 5.74) is 3.92. The molecule has 2 aromatic rings. The highest BCUT2D eigenvalue weighted by atomic mass is 16.2. The average molecular weight is 240 g/mol. The zero-order chi connectivity index (χ0) is 13.1. The van der Waals surface area contributed by atoms with Crippen LogP contribution in [0.4, 0.5) is 0 Å². The molecular formula is C15H16N2O. The van der Waals surface area contributed by atoms with Crippen molar-refractivity contribution in [3.05, 3.63) is 58.9 Å². The van der Waals surface area contributed by atoms with Gasteiger partial charge < -0.3 is 0 Å². The van der Waals surface area contributed by atoms with Crippen LogP contribution in [-0.2, 0) is 0 Å². The largest absolute Gasteiger partial charge is 0.271 e. The summed E-state index contributed by atoms with van der Waals surface area (Å²) in [4.78, 5) is 11.9. The van der Waals surface area contributed by atoms with Crippen molar-refractivity contribution in [1.82, 2.24) is 9.78 Å². The molecule has 0 bridgehead atoms. The lowest BCUT2D eigenvalue weighted by molar-refractivity contribution is 0.0952. The maximum atomic E-state index is 11.9. The normalized spacial score (nSPS) is 11.1. The third kappa shape index (κ3) is 2.74. The molecule has 0 spiro atoms. The highest BCUT2D eigenvalue weighted by molar-refractivity contribution is 5.93. The maximum absolute atomic E-state index is 11.9. The average Bonchev–Trinajstić information content (AvgIpc) is 2.67. The minimum atomic E-state index is -0.124. The molecule has 0 amide bonds. The lowest BCUT2D eigenvalue weighted by atomic mass is 10.1. The van der Waals surface area contributed by atoms with Crippen LogP contribution < -0.4 is 0 Å². The Labute approximate surface area is 107 Å². The molecule has 1 aromatic carbocycles. The molecule has 0 atom stereocenters. The Morgan fingerprint density at radius 1 is 1.17 bits per heavy atom. The zero-order valence-electron chi connectivity index (χ0n) is 10.8. The number of rotatable bonds is 2. The van der Waals surface area contributed by atoms with Crippen molar-refractivity contribution >= 4 is 12.0 Å². The van der Waals surface area contributed by atoms with Crippen molar-refractivity contribution < 1.29 is 4.79 Å². The number of carbonyl (C=O) groups is 1. The number of hydrogen-bond acceptors (Lipinski definition) is 2. The topological polar surface area (TPSA) is 34.9 Å². The van der Waals surface area contributed by atoms with Crippen molar-refractivity contribution in [1.29, 1.82) is 0 Å². The van der Waals surface area contributed by atoms with Crippen LogP contribution in [0.25, 0.3) is 6.08 Å². The molecule has 0 N–H and O–H groups in total. The summed E-state index contributed by atoms with van der Waals surface area (Å²) < 4.78 is 1.42. The number of hydrogen-bond donors (Lipinski definition) is 0. The van der Waals surface area contributed by atoms with E-state index in [1.54, 1.807) is 12.2 Å². The van der Waals surface area contributed by atoms with Crippen LogP contribution in [-0.4, -0.2) is 15.7 Å². The van der Waals surface area contributed by atoms with Crippen LogP contribution in [0, 0.1) is 20.8 Å². The van der Waals surface area contributed by atoms with Crippen LogP contribution in [0.3, 0.4) is 0 Å². The molecule has 0 saturated heterocycles. The van der Waals surface area contributed by atoms with Crippen LogP contribution in [0.15, 0.2) is 36.4 Å². The van der Waals surface area contributed by atoms with E-state index in [4.69, 9.17) is 0 Å². The first-order valence-corrected chi connectivity index (χ1v) is 5.88. The number of nitrogens with zero attached hydrogens (tertiary/aromatic N) is 2. The number of aryl methyl sites for hydroxylation is 3. The molecule has 0 fully saturated rings. The molecule has 0 unspecified atom stereocenters. The summed E-state index contributed by atoms with van der Waals surface area (Å²) in [6, 6.07) is 9.90. The molecule has 2 rings (SSSR count). The van der Waals surface area contributed by atoms with Crippen LogP contribution in [0.2, 0.25) is 0 Å². The fourth-order valence-electron chi connectivity index (χ4n) is 1.77. The second kappa shape index (κ2) is 5.00. The SMILES string of the molecule is Cc1ccc(C=CC(=O)n2nc(C)cc2C)cc1. The lowest BCUT2D eigenvalue weighted by Gasteiger charge is -1.98. The van der Waals surface area contributed by atoms with Gasteiger partial charge in [0.2, 0.25) is 0 Å². The molecule has 3 heteroatoms.